The highest BCUT2D eigenvalue weighted by Crippen LogP contribution is 2.35. The molecule has 18 heavy (non-hydrogen) atoms. The zero-order valence-corrected chi connectivity index (χ0v) is 10.4. The normalized spacial score (nSPS) is 26.6. The summed E-state index contributed by atoms with van der Waals surface area (Å²) in [5.74, 6) is -1.77. The first-order valence-electron chi connectivity index (χ1n) is 6.32. The quantitative estimate of drug-likeness (QED) is 0.518. The van der Waals surface area contributed by atoms with E-state index in [-0.39, 0.29) is 24.9 Å². The molecule has 0 aromatic heterocycles. The van der Waals surface area contributed by atoms with Crippen LogP contribution in [0.2, 0.25) is 0 Å². The van der Waals surface area contributed by atoms with Crippen molar-refractivity contribution in [2.24, 2.45) is 5.92 Å². The van der Waals surface area contributed by atoms with E-state index in [4.69, 9.17) is 9.57 Å². The summed E-state index contributed by atoms with van der Waals surface area (Å²) in [4.78, 5) is 39.0. The van der Waals surface area contributed by atoms with Gasteiger partial charge in [-0.05, 0) is 12.8 Å². The van der Waals surface area contributed by atoms with E-state index in [0.717, 1.165) is 12.8 Å². The molecule has 6 nitrogen and oxygen atoms in total. The lowest BCUT2D eigenvalue weighted by Gasteiger charge is -2.12. The maximum absolute atomic E-state index is 11.6. The monoisotopic (exact) mass is 255 g/mol. The maximum atomic E-state index is 11.6. The van der Waals surface area contributed by atoms with Crippen LogP contribution in [-0.4, -0.2) is 35.6 Å². The van der Waals surface area contributed by atoms with Crippen molar-refractivity contribution in [1.82, 2.24) is 5.06 Å². The minimum absolute atomic E-state index is 0.114. The molecule has 1 saturated heterocycles. The summed E-state index contributed by atoms with van der Waals surface area (Å²) >= 11 is 0. The summed E-state index contributed by atoms with van der Waals surface area (Å²) in [7, 11) is 0. The van der Waals surface area contributed by atoms with Crippen molar-refractivity contribution in [3.05, 3.63) is 0 Å². The average molecular weight is 255 g/mol. The number of nitrogens with zero attached hydrogens (tertiary/aromatic N) is 1. The fourth-order valence-electron chi connectivity index (χ4n) is 1.80. The predicted octanol–water partition coefficient (Wildman–Crippen LogP) is 0.799. The summed E-state index contributed by atoms with van der Waals surface area (Å²) in [5.41, 5.74) is 0. The molecule has 1 saturated carbocycles. The summed E-state index contributed by atoms with van der Waals surface area (Å²) in [5, 5.41) is 0.587. The van der Waals surface area contributed by atoms with Gasteiger partial charge in [0.1, 0.15) is 0 Å². The molecule has 0 N–H and O–H groups in total. The molecule has 0 unspecified atom stereocenters. The Bertz CT molecular complexity index is 351. The Labute approximate surface area is 105 Å². The van der Waals surface area contributed by atoms with E-state index >= 15 is 0 Å². The standard InChI is InChI=1S/C12H17NO5/c1-2-3-6-17-9-7-8(9)12(16)18-13-10(14)4-5-11(13)15/h8-9H,2-7H2,1H3/t8-,9-/m0/s1. The molecule has 2 atom stereocenters. The number of hydroxylamine groups is 2. The van der Waals surface area contributed by atoms with Gasteiger partial charge in [0.05, 0.1) is 12.0 Å². The number of unbranched alkanes of at least 4 members (excludes halogenated alkanes) is 1. The summed E-state index contributed by atoms with van der Waals surface area (Å²) in [6.45, 7) is 2.69. The smallest absolute Gasteiger partial charge is 0.338 e. The zero-order valence-electron chi connectivity index (χ0n) is 10.4. The van der Waals surface area contributed by atoms with Crippen molar-refractivity contribution in [3.63, 3.8) is 0 Å². The number of ether oxygens (including phenoxy) is 1. The number of imide groups is 1. The van der Waals surface area contributed by atoms with Crippen LogP contribution in [0.4, 0.5) is 0 Å². The number of hydrogen-bond donors (Lipinski definition) is 0. The first kappa shape index (κ1) is 13.0. The van der Waals surface area contributed by atoms with E-state index in [1.807, 2.05) is 0 Å². The molecule has 2 rings (SSSR count). The van der Waals surface area contributed by atoms with Crippen molar-refractivity contribution in [1.29, 1.82) is 0 Å². The van der Waals surface area contributed by atoms with Crippen molar-refractivity contribution in [3.8, 4) is 0 Å². The SMILES string of the molecule is CCCCO[C@H]1C[C@@H]1C(=O)ON1C(=O)CCC1=O. The van der Waals surface area contributed by atoms with Crippen LogP contribution < -0.4 is 0 Å². The summed E-state index contributed by atoms with van der Waals surface area (Å²) < 4.78 is 5.46. The Morgan fingerprint density at radius 3 is 2.61 bits per heavy atom. The molecule has 0 spiro atoms. The van der Waals surface area contributed by atoms with E-state index in [9.17, 15) is 14.4 Å². The predicted molar refractivity (Wildman–Crippen MR) is 59.9 cm³/mol. The van der Waals surface area contributed by atoms with Gasteiger partial charge in [0, 0.05) is 19.4 Å². The molecule has 2 fully saturated rings. The molecule has 0 aromatic carbocycles. The molecule has 2 aliphatic rings. The lowest BCUT2D eigenvalue weighted by Crippen LogP contribution is -2.33. The lowest BCUT2D eigenvalue weighted by molar-refractivity contribution is -0.199. The van der Waals surface area contributed by atoms with Crippen molar-refractivity contribution in [2.45, 2.75) is 45.1 Å². The lowest BCUT2D eigenvalue weighted by atomic mass is 10.4. The highest BCUT2D eigenvalue weighted by molar-refractivity contribution is 6.01. The number of hydrogen-bond acceptors (Lipinski definition) is 5. The van der Waals surface area contributed by atoms with Crippen LogP contribution in [0.3, 0.4) is 0 Å². The summed E-state index contributed by atoms with van der Waals surface area (Å²) in [6, 6.07) is 0. The highest BCUT2D eigenvalue weighted by Gasteiger charge is 2.47. The van der Waals surface area contributed by atoms with E-state index < -0.39 is 17.8 Å². The number of rotatable bonds is 6. The number of carbonyl (C=O) groups excluding carboxylic acids is 3. The molecular formula is C12H17NO5. The molecule has 1 heterocycles. The van der Waals surface area contributed by atoms with Crippen LogP contribution in [0, 0.1) is 5.92 Å². The van der Waals surface area contributed by atoms with Gasteiger partial charge in [0.15, 0.2) is 0 Å². The Morgan fingerprint density at radius 2 is 2.00 bits per heavy atom. The van der Waals surface area contributed by atoms with Gasteiger partial charge in [-0.1, -0.05) is 13.3 Å². The van der Waals surface area contributed by atoms with Gasteiger partial charge >= 0.3 is 5.97 Å². The molecule has 100 valence electrons. The van der Waals surface area contributed by atoms with E-state index in [0.29, 0.717) is 18.1 Å². The minimum Gasteiger partial charge on any atom is -0.377 e. The average Bonchev–Trinajstić information content (AvgIpc) is 3.06. The highest BCUT2D eigenvalue weighted by atomic mass is 16.7. The molecule has 0 radical (unpaired) electrons. The molecule has 6 heteroatoms. The fraction of sp³-hybridized carbons (Fsp3) is 0.750. The van der Waals surface area contributed by atoms with Crippen LogP contribution >= 0.6 is 0 Å². The molecule has 0 aromatic rings. The number of amides is 2. The first-order chi connectivity index (χ1) is 8.63. The first-order valence-corrected chi connectivity index (χ1v) is 6.32. The van der Waals surface area contributed by atoms with Crippen LogP contribution in [0.25, 0.3) is 0 Å². The largest absolute Gasteiger partial charge is 0.377 e. The topological polar surface area (TPSA) is 72.9 Å². The van der Waals surface area contributed by atoms with E-state index in [1.165, 1.54) is 0 Å². The second kappa shape index (κ2) is 5.48. The fourth-order valence-corrected chi connectivity index (χ4v) is 1.80. The summed E-state index contributed by atoms with van der Waals surface area (Å²) in [6.07, 6.45) is 2.73. The van der Waals surface area contributed by atoms with Crippen LogP contribution in [0.15, 0.2) is 0 Å². The third kappa shape index (κ3) is 2.87. The van der Waals surface area contributed by atoms with E-state index in [2.05, 4.69) is 6.92 Å². The third-order valence-corrected chi connectivity index (χ3v) is 3.05. The Morgan fingerprint density at radius 1 is 1.33 bits per heavy atom. The Kier molecular flexibility index (Phi) is 3.96. The van der Waals surface area contributed by atoms with Crippen molar-refractivity contribution >= 4 is 17.8 Å². The Hall–Kier alpha value is -1.43. The van der Waals surface area contributed by atoms with Gasteiger partial charge in [-0.15, -0.1) is 5.06 Å². The van der Waals surface area contributed by atoms with Gasteiger partial charge < -0.3 is 9.57 Å². The van der Waals surface area contributed by atoms with Crippen LogP contribution in [0.1, 0.15) is 39.0 Å². The van der Waals surface area contributed by atoms with Crippen LogP contribution in [-0.2, 0) is 24.0 Å². The zero-order chi connectivity index (χ0) is 13.1. The van der Waals surface area contributed by atoms with Crippen LogP contribution in [0.5, 0.6) is 0 Å². The number of carbonyl (C=O) groups is 3. The van der Waals surface area contributed by atoms with Gasteiger partial charge in [-0.25, -0.2) is 4.79 Å². The molecule has 1 aliphatic carbocycles. The molecule has 0 bridgehead atoms. The molecular weight excluding hydrogens is 238 g/mol. The second-order valence-corrected chi connectivity index (χ2v) is 4.60. The van der Waals surface area contributed by atoms with Gasteiger partial charge in [-0.2, -0.15) is 0 Å². The minimum atomic E-state index is -0.542. The molecule has 2 amide bonds. The van der Waals surface area contributed by atoms with Gasteiger partial charge in [0.25, 0.3) is 11.8 Å². The van der Waals surface area contributed by atoms with E-state index in [1.54, 1.807) is 0 Å². The second-order valence-electron chi connectivity index (χ2n) is 4.60. The van der Waals surface area contributed by atoms with Gasteiger partial charge in [-0.3, -0.25) is 9.59 Å². The van der Waals surface area contributed by atoms with Gasteiger partial charge in [0.2, 0.25) is 0 Å². The third-order valence-electron chi connectivity index (χ3n) is 3.05. The molecule has 1 aliphatic heterocycles. The Balaban J connectivity index is 1.73. The van der Waals surface area contributed by atoms with Crippen molar-refractivity contribution < 1.29 is 24.0 Å². The maximum Gasteiger partial charge on any atom is 0.338 e. The van der Waals surface area contributed by atoms with Crippen molar-refractivity contribution in [2.75, 3.05) is 6.61 Å².